The number of amides is 1. The van der Waals surface area contributed by atoms with Gasteiger partial charge in [-0.2, -0.15) is 0 Å². The molecule has 0 fully saturated rings. The van der Waals surface area contributed by atoms with Gasteiger partial charge < -0.3 is 14.8 Å². The van der Waals surface area contributed by atoms with Gasteiger partial charge in [-0.15, -0.1) is 11.3 Å². The number of fused-ring (bicyclic) bond motifs is 1. The molecule has 0 unspecified atom stereocenters. The highest BCUT2D eigenvalue weighted by atomic mass is 79.9. The van der Waals surface area contributed by atoms with Gasteiger partial charge in [-0.05, 0) is 90.4 Å². The normalized spacial score (nSPS) is 13.7. The predicted molar refractivity (Wildman–Crippen MR) is 149 cm³/mol. The number of methoxy groups -OCH3 is 2. The Bertz CT molecular complexity index is 1270. The fourth-order valence-electron chi connectivity index (χ4n) is 4.40. The first-order valence-electron chi connectivity index (χ1n) is 11.9. The molecule has 3 aromatic rings. The highest BCUT2D eigenvalue weighted by molar-refractivity contribution is 9.10. The van der Waals surface area contributed by atoms with Crippen LogP contribution in [0.25, 0.3) is 0 Å². The van der Waals surface area contributed by atoms with Crippen molar-refractivity contribution in [1.82, 2.24) is 0 Å². The summed E-state index contributed by atoms with van der Waals surface area (Å²) in [4.78, 5) is 19.8. The number of anilines is 1. The second kappa shape index (κ2) is 11.4. The Kier molecular flexibility index (Phi) is 8.29. The van der Waals surface area contributed by atoms with E-state index in [-0.39, 0.29) is 5.91 Å². The highest BCUT2D eigenvalue weighted by Gasteiger charge is 2.24. The van der Waals surface area contributed by atoms with Gasteiger partial charge in [-0.1, -0.05) is 25.0 Å². The first-order valence-corrected chi connectivity index (χ1v) is 13.5. The molecular formula is C28H31BrN2O3S. The van der Waals surface area contributed by atoms with Crippen LogP contribution in [0.5, 0.6) is 11.5 Å². The van der Waals surface area contributed by atoms with Gasteiger partial charge in [0.2, 0.25) is 0 Å². The van der Waals surface area contributed by atoms with E-state index >= 15 is 0 Å². The summed E-state index contributed by atoms with van der Waals surface area (Å²) in [5.41, 5.74) is 5.80. The molecule has 0 bridgehead atoms. The molecule has 2 aromatic carbocycles. The van der Waals surface area contributed by atoms with Gasteiger partial charge in [0.05, 0.1) is 19.8 Å². The van der Waals surface area contributed by atoms with Gasteiger partial charge in [0.15, 0.2) is 11.5 Å². The third kappa shape index (κ3) is 5.62. The summed E-state index contributed by atoms with van der Waals surface area (Å²) in [6.45, 7) is 4.10. The number of nitrogens with zero attached hydrogens (tertiary/aromatic N) is 1. The van der Waals surface area contributed by atoms with Crippen LogP contribution in [-0.2, 0) is 12.8 Å². The van der Waals surface area contributed by atoms with Crippen LogP contribution in [0.3, 0.4) is 0 Å². The minimum absolute atomic E-state index is 0.0877. The summed E-state index contributed by atoms with van der Waals surface area (Å²) in [5.74, 6) is 1.18. The van der Waals surface area contributed by atoms with Crippen molar-refractivity contribution in [1.29, 1.82) is 0 Å². The first-order chi connectivity index (χ1) is 16.9. The molecule has 1 aliphatic rings. The predicted octanol–water partition coefficient (Wildman–Crippen LogP) is 7.81. The number of halogens is 1. The van der Waals surface area contributed by atoms with Crippen LogP contribution in [0, 0.1) is 13.8 Å². The lowest BCUT2D eigenvalue weighted by molar-refractivity contribution is 0.102. The number of aliphatic imine (C=N–C) groups is 1. The van der Waals surface area contributed by atoms with E-state index < -0.39 is 0 Å². The first kappa shape index (κ1) is 25.5. The fourth-order valence-corrected chi connectivity index (χ4v) is 6.05. The van der Waals surface area contributed by atoms with Crippen molar-refractivity contribution in [3.63, 3.8) is 0 Å². The van der Waals surface area contributed by atoms with Crippen LogP contribution in [0.15, 0.2) is 39.8 Å². The maximum absolute atomic E-state index is 13.7. The number of carbonyl (C=O) groups is 1. The van der Waals surface area contributed by atoms with Crippen molar-refractivity contribution in [3.8, 4) is 11.5 Å². The number of nitrogens with one attached hydrogen (secondary N) is 1. The van der Waals surface area contributed by atoms with Gasteiger partial charge in [0.1, 0.15) is 5.00 Å². The lowest BCUT2D eigenvalue weighted by Gasteiger charge is -2.13. The lowest BCUT2D eigenvalue weighted by atomic mass is 9.96. The second-order valence-electron chi connectivity index (χ2n) is 8.79. The number of benzene rings is 2. The van der Waals surface area contributed by atoms with Crippen LogP contribution in [0.1, 0.15) is 63.2 Å². The number of rotatable bonds is 6. The standard InChI is InChI=1S/C28H31BrN2O3S/c1-17-10-9-12-22(18(17)2)31-27(32)26-20-11-7-5-6-8-13-25(20)35-28(26)30-16-19-14-23(33-3)24(34-4)15-21(19)29/h9-10,12,14-16H,5-8,11,13H2,1-4H3,(H,31,32). The quantitative estimate of drug-likeness (QED) is 0.316. The molecule has 0 atom stereocenters. The molecule has 0 saturated carbocycles. The van der Waals surface area contributed by atoms with E-state index in [1.807, 2.05) is 31.2 Å². The molecule has 35 heavy (non-hydrogen) atoms. The summed E-state index contributed by atoms with van der Waals surface area (Å²) < 4.78 is 11.7. The van der Waals surface area contributed by atoms with Crippen LogP contribution in [-0.4, -0.2) is 26.3 Å². The van der Waals surface area contributed by atoms with Crippen LogP contribution < -0.4 is 14.8 Å². The number of thiophene rings is 1. The maximum atomic E-state index is 13.7. The van der Waals surface area contributed by atoms with Gasteiger partial charge in [-0.25, -0.2) is 4.99 Å². The third-order valence-corrected chi connectivity index (χ3v) is 8.44. The number of ether oxygens (including phenoxy) is 2. The van der Waals surface area contributed by atoms with E-state index in [2.05, 4.69) is 34.2 Å². The summed E-state index contributed by atoms with van der Waals surface area (Å²) in [6.07, 6.45) is 8.38. The second-order valence-corrected chi connectivity index (χ2v) is 10.7. The van der Waals surface area contributed by atoms with E-state index in [1.54, 1.807) is 31.8 Å². The van der Waals surface area contributed by atoms with Gasteiger partial charge in [-0.3, -0.25) is 4.79 Å². The average Bonchev–Trinajstić information content (AvgIpc) is 3.17. The molecule has 1 aliphatic carbocycles. The van der Waals surface area contributed by atoms with Crippen molar-refractivity contribution in [2.75, 3.05) is 19.5 Å². The van der Waals surface area contributed by atoms with Crippen molar-refractivity contribution < 1.29 is 14.3 Å². The van der Waals surface area contributed by atoms with Gasteiger partial charge >= 0.3 is 0 Å². The summed E-state index contributed by atoms with van der Waals surface area (Å²) >= 11 is 5.25. The molecule has 184 valence electrons. The average molecular weight is 556 g/mol. The minimum atomic E-state index is -0.0877. The number of hydrogen-bond acceptors (Lipinski definition) is 5. The Balaban J connectivity index is 1.75. The molecular weight excluding hydrogens is 524 g/mol. The molecule has 1 heterocycles. The number of aryl methyl sites for hydroxylation is 2. The highest BCUT2D eigenvalue weighted by Crippen LogP contribution is 2.40. The topological polar surface area (TPSA) is 59.9 Å². The van der Waals surface area contributed by atoms with Crippen molar-refractivity contribution >= 4 is 50.1 Å². The molecule has 7 heteroatoms. The zero-order chi connectivity index (χ0) is 24.9. The van der Waals surface area contributed by atoms with Crippen molar-refractivity contribution in [2.24, 2.45) is 4.99 Å². The van der Waals surface area contributed by atoms with E-state index in [1.165, 1.54) is 17.7 Å². The Morgan fingerprint density at radius 1 is 1.06 bits per heavy atom. The van der Waals surface area contributed by atoms with Gasteiger partial charge in [0.25, 0.3) is 5.91 Å². The molecule has 1 amide bonds. The zero-order valence-corrected chi connectivity index (χ0v) is 23.1. The summed E-state index contributed by atoms with van der Waals surface area (Å²) in [7, 11) is 3.22. The maximum Gasteiger partial charge on any atom is 0.259 e. The van der Waals surface area contributed by atoms with Gasteiger partial charge in [0, 0.05) is 26.8 Å². The number of hydrogen-bond donors (Lipinski definition) is 1. The monoisotopic (exact) mass is 554 g/mol. The summed E-state index contributed by atoms with van der Waals surface area (Å²) in [5, 5.41) is 3.92. The molecule has 0 spiro atoms. The Morgan fingerprint density at radius 2 is 1.77 bits per heavy atom. The zero-order valence-electron chi connectivity index (χ0n) is 20.7. The molecule has 0 radical (unpaired) electrons. The minimum Gasteiger partial charge on any atom is -0.493 e. The molecule has 5 nitrogen and oxygen atoms in total. The molecule has 1 aromatic heterocycles. The summed E-state index contributed by atoms with van der Waals surface area (Å²) in [6, 6.07) is 9.74. The van der Waals surface area contributed by atoms with Crippen LogP contribution in [0.4, 0.5) is 10.7 Å². The van der Waals surface area contributed by atoms with E-state index in [9.17, 15) is 4.79 Å². The van der Waals surface area contributed by atoms with E-state index in [0.717, 1.165) is 63.1 Å². The van der Waals surface area contributed by atoms with E-state index in [4.69, 9.17) is 14.5 Å². The Labute approximate surface area is 219 Å². The Hall–Kier alpha value is -2.64. The fraction of sp³-hybridized carbons (Fsp3) is 0.357. The molecule has 1 N–H and O–H groups in total. The van der Waals surface area contributed by atoms with Crippen molar-refractivity contribution in [2.45, 2.75) is 52.4 Å². The molecule has 0 saturated heterocycles. The third-order valence-electron chi connectivity index (χ3n) is 6.56. The molecule has 0 aliphatic heterocycles. The van der Waals surface area contributed by atoms with Crippen LogP contribution in [0.2, 0.25) is 0 Å². The van der Waals surface area contributed by atoms with E-state index in [0.29, 0.717) is 17.1 Å². The Morgan fingerprint density at radius 3 is 2.51 bits per heavy atom. The SMILES string of the molecule is COc1cc(Br)c(C=Nc2sc3c(c2C(=O)Nc2cccc(C)c2C)CCCCCC3)cc1OC. The van der Waals surface area contributed by atoms with Crippen molar-refractivity contribution in [3.05, 3.63) is 67.5 Å². The van der Waals surface area contributed by atoms with Crippen LogP contribution >= 0.6 is 27.3 Å². The smallest absolute Gasteiger partial charge is 0.259 e. The number of carbonyl (C=O) groups excluding carboxylic acids is 1. The lowest BCUT2D eigenvalue weighted by Crippen LogP contribution is -2.15. The molecule has 4 rings (SSSR count). The largest absolute Gasteiger partial charge is 0.493 e.